The molecule has 49 heavy (non-hydrogen) atoms. The number of benzene rings is 2. The van der Waals surface area contributed by atoms with Crippen molar-refractivity contribution in [2.45, 2.75) is 77.8 Å². The second-order valence-corrected chi connectivity index (χ2v) is 13.7. The van der Waals surface area contributed by atoms with E-state index in [1.807, 2.05) is 48.5 Å². The zero-order valence-electron chi connectivity index (χ0n) is 28.5. The summed E-state index contributed by atoms with van der Waals surface area (Å²) in [6.45, 7) is 5.95. The van der Waals surface area contributed by atoms with Gasteiger partial charge in [0.05, 0.1) is 29.4 Å². The van der Waals surface area contributed by atoms with E-state index in [2.05, 4.69) is 29.2 Å². The van der Waals surface area contributed by atoms with Gasteiger partial charge in [0.1, 0.15) is 5.00 Å². The van der Waals surface area contributed by atoms with Gasteiger partial charge in [-0.1, -0.05) is 44.2 Å². The number of nitrogens with zero attached hydrogens (tertiary/aromatic N) is 4. The van der Waals surface area contributed by atoms with E-state index < -0.39 is 5.97 Å². The fraction of sp³-hybridized carbons (Fsp3) is 0.395. The molecule has 2 N–H and O–H groups in total. The fourth-order valence-electron chi connectivity index (χ4n) is 6.42. The number of amides is 2. The molecule has 0 aliphatic heterocycles. The summed E-state index contributed by atoms with van der Waals surface area (Å²) in [6, 6.07) is 17.5. The van der Waals surface area contributed by atoms with Crippen LogP contribution in [0.3, 0.4) is 0 Å². The second-order valence-electron chi connectivity index (χ2n) is 12.6. The molecular weight excluding hydrogens is 639 g/mol. The number of aromatic nitrogens is 2. The SMILES string of the molecule is CCC(CC)N(CCN(C)C(=O)CCC(=O)O)Cc1cccc(C(=O)Nc2sc3c(c2C(=O)c2cnn(-c4ccccc4)c2)CCCC3)c1. The summed E-state index contributed by atoms with van der Waals surface area (Å²) in [6.07, 6.45) is 8.74. The minimum absolute atomic E-state index is 0.0220. The third-order valence-electron chi connectivity index (χ3n) is 9.23. The number of nitrogens with one attached hydrogen (secondary N) is 1. The maximum atomic E-state index is 14.0. The third-order valence-corrected chi connectivity index (χ3v) is 10.4. The Balaban J connectivity index is 1.33. The van der Waals surface area contributed by atoms with E-state index in [-0.39, 0.29) is 36.5 Å². The van der Waals surface area contributed by atoms with Crippen molar-refractivity contribution in [3.63, 3.8) is 0 Å². The van der Waals surface area contributed by atoms with Gasteiger partial charge >= 0.3 is 5.97 Å². The van der Waals surface area contributed by atoms with E-state index in [4.69, 9.17) is 5.11 Å². The Morgan fingerprint density at radius 3 is 2.45 bits per heavy atom. The summed E-state index contributed by atoms with van der Waals surface area (Å²) in [4.78, 5) is 56.2. The van der Waals surface area contributed by atoms with Crippen molar-refractivity contribution in [3.05, 3.63) is 99.7 Å². The van der Waals surface area contributed by atoms with Crippen LogP contribution < -0.4 is 5.32 Å². The number of likely N-dealkylation sites (N-methyl/N-ethyl adjacent to an activating group) is 1. The molecule has 4 aromatic rings. The number of rotatable bonds is 16. The van der Waals surface area contributed by atoms with E-state index in [9.17, 15) is 19.2 Å². The maximum Gasteiger partial charge on any atom is 0.303 e. The number of carboxylic acids is 1. The summed E-state index contributed by atoms with van der Waals surface area (Å²) >= 11 is 1.50. The molecule has 2 aromatic heterocycles. The van der Waals surface area contributed by atoms with Gasteiger partial charge in [-0.15, -0.1) is 11.3 Å². The Morgan fingerprint density at radius 2 is 1.71 bits per heavy atom. The number of carbonyl (C=O) groups is 4. The number of ketones is 1. The van der Waals surface area contributed by atoms with Crippen molar-refractivity contribution in [3.8, 4) is 5.69 Å². The fourth-order valence-corrected chi connectivity index (χ4v) is 7.71. The Bertz CT molecular complexity index is 1780. The largest absolute Gasteiger partial charge is 0.481 e. The standard InChI is InChI=1S/C38H45N5O5S/c1-4-29(5-2)42(21-20-41(3)33(44)18-19-34(45)46)24-26-12-11-13-27(22-26)37(48)40-38-35(31-16-9-10-17-32(31)49-38)36(47)28-23-39-43(25-28)30-14-7-6-8-15-30/h6-8,11-15,22-23,25,29H,4-5,9-10,16-21,24H2,1-3H3,(H,40,48)(H,45,46). The van der Waals surface area contributed by atoms with Crippen LogP contribution in [0.5, 0.6) is 0 Å². The molecule has 2 heterocycles. The predicted molar refractivity (Wildman–Crippen MR) is 192 cm³/mol. The minimum atomic E-state index is -0.985. The van der Waals surface area contributed by atoms with Gasteiger partial charge in [-0.2, -0.15) is 5.10 Å². The summed E-state index contributed by atoms with van der Waals surface area (Å²) in [5, 5.41) is 17.1. The van der Waals surface area contributed by atoms with Crippen LogP contribution in [-0.4, -0.2) is 74.4 Å². The topological polar surface area (TPSA) is 125 Å². The number of anilines is 1. The molecule has 2 aromatic carbocycles. The smallest absolute Gasteiger partial charge is 0.303 e. The molecule has 11 heteroatoms. The summed E-state index contributed by atoms with van der Waals surface area (Å²) < 4.78 is 1.69. The lowest BCUT2D eigenvalue weighted by molar-refractivity contribution is -0.140. The van der Waals surface area contributed by atoms with Crippen LogP contribution in [-0.2, 0) is 29.0 Å². The Hall–Kier alpha value is -4.61. The lowest BCUT2D eigenvalue weighted by atomic mass is 9.92. The van der Waals surface area contributed by atoms with E-state index >= 15 is 0 Å². The first-order chi connectivity index (χ1) is 23.7. The molecule has 5 rings (SSSR count). The van der Waals surface area contributed by atoms with Crippen molar-refractivity contribution in [2.75, 3.05) is 25.5 Å². The number of hydrogen-bond acceptors (Lipinski definition) is 7. The molecule has 0 radical (unpaired) electrons. The molecule has 0 atom stereocenters. The highest BCUT2D eigenvalue weighted by Crippen LogP contribution is 2.39. The van der Waals surface area contributed by atoms with Gasteiger partial charge in [0.15, 0.2) is 5.78 Å². The molecule has 1 aliphatic carbocycles. The van der Waals surface area contributed by atoms with Crippen molar-refractivity contribution in [1.29, 1.82) is 0 Å². The Kier molecular flexibility index (Phi) is 12.1. The predicted octanol–water partition coefficient (Wildman–Crippen LogP) is 6.61. The van der Waals surface area contributed by atoms with E-state index in [1.54, 1.807) is 35.1 Å². The van der Waals surface area contributed by atoms with Crippen molar-refractivity contribution in [2.24, 2.45) is 0 Å². The average Bonchev–Trinajstić information content (AvgIpc) is 3.75. The number of hydrogen-bond donors (Lipinski definition) is 2. The molecule has 2 amide bonds. The zero-order valence-corrected chi connectivity index (χ0v) is 29.3. The molecule has 0 saturated carbocycles. The number of carboxylic acid groups (broad SMARTS) is 1. The van der Waals surface area contributed by atoms with Crippen LogP contribution in [0, 0.1) is 0 Å². The normalized spacial score (nSPS) is 12.6. The molecule has 0 unspecified atom stereocenters. The first-order valence-corrected chi connectivity index (χ1v) is 17.9. The van der Waals surface area contributed by atoms with Crippen LogP contribution in [0.4, 0.5) is 5.00 Å². The first-order valence-electron chi connectivity index (χ1n) is 17.1. The Labute approximate surface area is 291 Å². The van der Waals surface area contributed by atoms with Crippen molar-refractivity contribution < 1.29 is 24.3 Å². The molecule has 10 nitrogen and oxygen atoms in total. The Morgan fingerprint density at radius 1 is 0.959 bits per heavy atom. The highest BCUT2D eigenvalue weighted by atomic mass is 32.1. The summed E-state index contributed by atoms with van der Waals surface area (Å²) in [5.74, 6) is -1.59. The molecule has 0 saturated heterocycles. The van der Waals surface area contributed by atoms with E-state index in [0.717, 1.165) is 60.2 Å². The minimum Gasteiger partial charge on any atom is -0.481 e. The monoisotopic (exact) mass is 683 g/mol. The van der Waals surface area contributed by atoms with Crippen LogP contribution in [0.2, 0.25) is 0 Å². The molecule has 0 bridgehead atoms. The molecule has 0 spiro atoms. The molecule has 1 aliphatic rings. The van der Waals surface area contributed by atoms with Crippen LogP contribution in [0.1, 0.15) is 94.7 Å². The highest BCUT2D eigenvalue weighted by molar-refractivity contribution is 7.17. The number of fused-ring (bicyclic) bond motifs is 1. The molecule has 258 valence electrons. The van der Waals surface area contributed by atoms with Gasteiger partial charge in [-0.05, 0) is 73.9 Å². The number of aryl methyl sites for hydroxylation is 1. The number of aliphatic carboxylic acids is 1. The van der Waals surface area contributed by atoms with Crippen molar-refractivity contribution in [1.82, 2.24) is 19.6 Å². The van der Waals surface area contributed by atoms with E-state index in [0.29, 0.717) is 41.3 Å². The van der Waals surface area contributed by atoms with Crippen LogP contribution >= 0.6 is 11.3 Å². The number of thiophene rings is 1. The van der Waals surface area contributed by atoms with Gasteiger partial charge in [-0.3, -0.25) is 24.1 Å². The maximum absolute atomic E-state index is 14.0. The van der Waals surface area contributed by atoms with Gasteiger partial charge in [0.25, 0.3) is 5.91 Å². The zero-order chi connectivity index (χ0) is 34.9. The molecule has 0 fully saturated rings. The van der Waals surface area contributed by atoms with Crippen molar-refractivity contribution >= 4 is 39.9 Å². The molecular formula is C38H45N5O5S. The third kappa shape index (κ3) is 8.90. The first kappa shape index (κ1) is 35.7. The van der Waals surface area contributed by atoms with Gasteiger partial charge in [0.2, 0.25) is 5.91 Å². The number of para-hydroxylation sites is 1. The number of carbonyl (C=O) groups excluding carboxylic acids is 3. The van der Waals surface area contributed by atoms with Crippen LogP contribution in [0.25, 0.3) is 5.69 Å². The van der Waals surface area contributed by atoms with Gasteiger partial charge in [-0.25, -0.2) is 4.68 Å². The van der Waals surface area contributed by atoms with Gasteiger partial charge < -0.3 is 15.3 Å². The summed E-state index contributed by atoms with van der Waals surface area (Å²) in [5.41, 5.74) is 4.41. The highest BCUT2D eigenvalue weighted by Gasteiger charge is 2.28. The second kappa shape index (κ2) is 16.7. The van der Waals surface area contributed by atoms with Crippen LogP contribution in [0.15, 0.2) is 67.0 Å². The lowest BCUT2D eigenvalue weighted by Crippen LogP contribution is -2.41. The van der Waals surface area contributed by atoms with Gasteiger partial charge in [0, 0.05) is 55.8 Å². The summed E-state index contributed by atoms with van der Waals surface area (Å²) in [7, 11) is 1.71. The van der Waals surface area contributed by atoms with E-state index in [1.165, 1.54) is 11.3 Å². The lowest BCUT2D eigenvalue weighted by Gasteiger charge is -2.32. The average molecular weight is 684 g/mol. The quantitative estimate of drug-likeness (QED) is 0.127.